The van der Waals surface area contributed by atoms with E-state index in [9.17, 15) is 13.2 Å². The number of sulfonamides is 1. The van der Waals surface area contributed by atoms with Crippen LogP contribution in [0.25, 0.3) is 10.2 Å². The molecule has 0 aliphatic carbocycles. The topological polar surface area (TPSA) is 88.2 Å². The first-order chi connectivity index (χ1) is 12.8. The van der Waals surface area contributed by atoms with Gasteiger partial charge in [0.25, 0.3) is 10.0 Å². The first-order valence-electron chi connectivity index (χ1n) is 8.31. The fourth-order valence-corrected chi connectivity index (χ4v) is 6.12. The summed E-state index contributed by atoms with van der Waals surface area (Å²) in [6.07, 6.45) is 0.394. The molecule has 3 aromatic rings. The van der Waals surface area contributed by atoms with Gasteiger partial charge in [-0.15, -0.1) is 11.8 Å². The molecule has 1 aliphatic heterocycles. The van der Waals surface area contributed by atoms with Crippen molar-refractivity contribution in [2.24, 2.45) is 0 Å². The second-order valence-electron chi connectivity index (χ2n) is 6.43. The zero-order chi connectivity index (χ0) is 19.2. The standard InChI is InChI=1S/C18H17N3O3S3/c1-10-3-5-13-16(7-10)26-18(20-13)21-27(23,24)12-4-6-15-14(9-12)19-17(22)8-11(2)25-15/h3-7,9,11H,8H2,1-2H3,(H,19,22)(H,20,21). The lowest BCUT2D eigenvalue weighted by atomic mass is 10.2. The summed E-state index contributed by atoms with van der Waals surface area (Å²) in [5.74, 6) is -0.113. The highest BCUT2D eigenvalue weighted by atomic mass is 32.2. The van der Waals surface area contributed by atoms with Gasteiger partial charge in [0.2, 0.25) is 5.91 Å². The van der Waals surface area contributed by atoms with Gasteiger partial charge in [-0.1, -0.05) is 24.3 Å². The summed E-state index contributed by atoms with van der Waals surface area (Å²) in [7, 11) is -3.81. The van der Waals surface area contributed by atoms with Crippen molar-refractivity contribution in [2.75, 3.05) is 10.0 Å². The Kier molecular flexibility index (Phi) is 4.61. The monoisotopic (exact) mass is 419 g/mol. The number of aryl methyl sites for hydroxylation is 1. The van der Waals surface area contributed by atoms with Crippen LogP contribution in [0.2, 0.25) is 0 Å². The molecule has 1 atom stereocenters. The molecule has 1 unspecified atom stereocenters. The number of carbonyl (C=O) groups excluding carboxylic acids is 1. The molecule has 9 heteroatoms. The molecule has 2 N–H and O–H groups in total. The molecule has 0 spiro atoms. The maximum Gasteiger partial charge on any atom is 0.263 e. The van der Waals surface area contributed by atoms with Crippen molar-refractivity contribution in [1.82, 2.24) is 4.98 Å². The minimum absolute atomic E-state index is 0.0899. The van der Waals surface area contributed by atoms with Crippen molar-refractivity contribution in [1.29, 1.82) is 0 Å². The Morgan fingerprint density at radius 1 is 1.22 bits per heavy atom. The summed E-state index contributed by atoms with van der Waals surface area (Å²) in [5, 5.41) is 3.25. The van der Waals surface area contributed by atoms with Gasteiger partial charge in [-0.05, 0) is 42.8 Å². The normalized spacial score (nSPS) is 17.3. The summed E-state index contributed by atoms with van der Waals surface area (Å²) in [6, 6.07) is 10.6. The van der Waals surface area contributed by atoms with Crippen molar-refractivity contribution in [3.63, 3.8) is 0 Å². The van der Waals surface area contributed by atoms with Gasteiger partial charge < -0.3 is 5.32 Å². The number of nitrogens with zero attached hydrogens (tertiary/aromatic N) is 1. The highest BCUT2D eigenvalue weighted by Gasteiger charge is 2.23. The Labute approximate surface area is 165 Å². The lowest BCUT2D eigenvalue weighted by Gasteiger charge is -2.10. The number of hydrogen-bond donors (Lipinski definition) is 2. The highest BCUT2D eigenvalue weighted by Crippen LogP contribution is 2.37. The van der Waals surface area contributed by atoms with Crippen LogP contribution in [-0.4, -0.2) is 24.6 Å². The second-order valence-corrected chi connectivity index (χ2v) is 10.6. The average molecular weight is 420 g/mol. The van der Waals surface area contributed by atoms with Gasteiger partial charge in [0.15, 0.2) is 5.13 Å². The predicted molar refractivity (Wildman–Crippen MR) is 110 cm³/mol. The zero-order valence-electron chi connectivity index (χ0n) is 14.6. The number of hydrogen-bond acceptors (Lipinski definition) is 6. The second kappa shape index (κ2) is 6.81. The number of benzene rings is 2. The fourth-order valence-electron chi connectivity index (χ4n) is 2.85. The van der Waals surface area contributed by atoms with Crippen LogP contribution in [0.3, 0.4) is 0 Å². The van der Waals surface area contributed by atoms with Crippen LogP contribution in [-0.2, 0) is 14.8 Å². The van der Waals surface area contributed by atoms with E-state index in [-0.39, 0.29) is 16.1 Å². The molecule has 2 aromatic carbocycles. The molecule has 0 bridgehead atoms. The molecule has 0 radical (unpaired) electrons. The van der Waals surface area contributed by atoms with Gasteiger partial charge >= 0.3 is 0 Å². The van der Waals surface area contributed by atoms with Crippen LogP contribution in [0, 0.1) is 6.92 Å². The largest absolute Gasteiger partial charge is 0.325 e. The molecule has 1 aliphatic rings. The third kappa shape index (κ3) is 3.80. The van der Waals surface area contributed by atoms with Gasteiger partial charge in [-0.3, -0.25) is 9.52 Å². The molecule has 1 amide bonds. The summed E-state index contributed by atoms with van der Waals surface area (Å²) in [4.78, 5) is 17.2. The Hall–Kier alpha value is -2.10. The van der Waals surface area contributed by atoms with E-state index >= 15 is 0 Å². The lowest BCUT2D eigenvalue weighted by Crippen LogP contribution is -2.15. The van der Waals surface area contributed by atoms with Gasteiger partial charge in [-0.25, -0.2) is 13.4 Å². The molecule has 0 fully saturated rings. The van der Waals surface area contributed by atoms with Crippen LogP contribution in [0.5, 0.6) is 0 Å². The van der Waals surface area contributed by atoms with E-state index in [1.54, 1.807) is 23.9 Å². The molecule has 0 saturated carbocycles. The number of rotatable bonds is 3. The Morgan fingerprint density at radius 2 is 2.04 bits per heavy atom. The third-order valence-corrected chi connectivity index (χ3v) is 7.68. The predicted octanol–water partition coefficient (Wildman–Crippen LogP) is 4.23. The van der Waals surface area contributed by atoms with E-state index in [1.807, 2.05) is 32.0 Å². The summed E-state index contributed by atoms with van der Waals surface area (Å²) in [6.45, 7) is 3.95. The maximum absolute atomic E-state index is 12.8. The van der Waals surface area contributed by atoms with Crippen LogP contribution >= 0.6 is 23.1 Å². The number of fused-ring (bicyclic) bond motifs is 2. The van der Waals surface area contributed by atoms with E-state index in [0.29, 0.717) is 17.2 Å². The van der Waals surface area contributed by atoms with Gasteiger partial charge in [0, 0.05) is 16.6 Å². The molecule has 6 nitrogen and oxygen atoms in total. The Balaban J connectivity index is 1.66. The molecule has 2 heterocycles. The third-order valence-electron chi connectivity index (χ3n) is 4.10. The zero-order valence-corrected chi connectivity index (χ0v) is 17.1. The van der Waals surface area contributed by atoms with E-state index in [4.69, 9.17) is 0 Å². The maximum atomic E-state index is 12.8. The number of nitrogens with one attached hydrogen (secondary N) is 2. The lowest BCUT2D eigenvalue weighted by molar-refractivity contribution is -0.116. The van der Waals surface area contributed by atoms with E-state index in [1.165, 1.54) is 17.4 Å². The highest BCUT2D eigenvalue weighted by molar-refractivity contribution is 8.00. The summed E-state index contributed by atoms with van der Waals surface area (Å²) >= 11 is 2.85. The number of aromatic nitrogens is 1. The summed E-state index contributed by atoms with van der Waals surface area (Å²) < 4.78 is 29.1. The Morgan fingerprint density at radius 3 is 2.85 bits per heavy atom. The minimum Gasteiger partial charge on any atom is -0.325 e. The van der Waals surface area contributed by atoms with Gasteiger partial charge in [0.05, 0.1) is 20.8 Å². The first-order valence-corrected chi connectivity index (χ1v) is 11.5. The van der Waals surface area contributed by atoms with Crippen molar-refractivity contribution in [3.8, 4) is 0 Å². The van der Waals surface area contributed by atoms with Crippen LogP contribution in [0.4, 0.5) is 10.8 Å². The van der Waals surface area contributed by atoms with Crippen LogP contribution < -0.4 is 10.0 Å². The van der Waals surface area contributed by atoms with Gasteiger partial charge in [-0.2, -0.15) is 0 Å². The summed E-state index contributed by atoms with van der Waals surface area (Å²) in [5.41, 5.74) is 2.37. The van der Waals surface area contributed by atoms with E-state index < -0.39 is 10.0 Å². The average Bonchev–Trinajstić information content (AvgIpc) is 2.89. The van der Waals surface area contributed by atoms with Crippen LogP contribution in [0.15, 0.2) is 46.2 Å². The number of thiazole rings is 1. The SMILES string of the molecule is Cc1ccc2nc(NS(=O)(=O)c3ccc4c(c3)NC(=O)CC(C)S4)sc2c1. The van der Waals surface area contributed by atoms with E-state index in [2.05, 4.69) is 15.0 Å². The number of carbonyl (C=O) groups is 1. The fraction of sp³-hybridized carbons (Fsp3) is 0.222. The smallest absolute Gasteiger partial charge is 0.263 e. The Bertz CT molecular complexity index is 1160. The van der Waals surface area contributed by atoms with Crippen molar-refractivity contribution >= 4 is 60.1 Å². The molecule has 0 saturated heterocycles. The van der Waals surface area contributed by atoms with Crippen molar-refractivity contribution in [3.05, 3.63) is 42.0 Å². The van der Waals surface area contributed by atoms with Gasteiger partial charge in [0.1, 0.15) is 0 Å². The van der Waals surface area contributed by atoms with E-state index in [0.717, 1.165) is 20.7 Å². The molecular formula is C18H17N3O3S3. The molecule has 27 heavy (non-hydrogen) atoms. The van der Waals surface area contributed by atoms with Crippen LogP contribution in [0.1, 0.15) is 18.9 Å². The minimum atomic E-state index is -3.81. The van der Waals surface area contributed by atoms with Crippen molar-refractivity contribution < 1.29 is 13.2 Å². The quantitative estimate of drug-likeness (QED) is 0.663. The number of thioether (sulfide) groups is 1. The molecule has 140 valence electrons. The van der Waals surface area contributed by atoms with Crippen molar-refractivity contribution in [2.45, 2.75) is 35.3 Å². The number of anilines is 2. The first kappa shape index (κ1) is 18.3. The molecule has 4 rings (SSSR count). The number of amides is 1. The molecular weight excluding hydrogens is 402 g/mol. The molecule has 1 aromatic heterocycles.